The molecule has 0 unspecified atom stereocenters. The summed E-state index contributed by atoms with van der Waals surface area (Å²) >= 11 is 0. The first-order chi connectivity index (χ1) is 8.69. The van der Waals surface area contributed by atoms with Gasteiger partial charge in [-0.05, 0) is 19.1 Å². The Labute approximate surface area is 108 Å². The second-order valence-corrected chi connectivity index (χ2v) is 4.40. The van der Waals surface area contributed by atoms with Crippen LogP contribution in [0.4, 0.5) is 0 Å². The van der Waals surface area contributed by atoms with Crippen LogP contribution in [-0.4, -0.2) is 16.9 Å². The number of benzene rings is 1. The Bertz CT molecular complexity index is 520. The minimum absolute atomic E-state index is 0.762. The van der Waals surface area contributed by atoms with Crippen LogP contribution in [0.5, 0.6) is 5.75 Å². The summed E-state index contributed by atoms with van der Waals surface area (Å²) in [6.07, 6.45) is 1.95. The monoisotopic (exact) mass is 245 g/mol. The van der Waals surface area contributed by atoms with E-state index in [1.165, 1.54) is 11.1 Å². The molecule has 1 aromatic heterocycles. The van der Waals surface area contributed by atoms with Crippen molar-refractivity contribution < 1.29 is 4.74 Å². The highest BCUT2D eigenvalue weighted by Crippen LogP contribution is 2.19. The van der Waals surface area contributed by atoms with Gasteiger partial charge in [0.15, 0.2) is 0 Å². The number of aromatic nitrogens is 2. The third-order valence-electron chi connectivity index (χ3n) is 2.83. The molecule has 0 atom stereocenters. The molecule has 1 heterocycles. The molecule has 0 aliphatic carbocycles. The van der Waals surface area contributed by atoms with Gasteiger partial charge in [0.05, 0.1) is 12.8 Å². The maximum Gasteiger partial charge on any atom is 0.123 e. The van der Waals surface area contributed by atoms with Crippen molar-refractivity contribution in [1.82, 2.24) is 15.1 Å². The number of methoxy groups -OCH3 is 1. The summed E-state index contributed by atoms with van der Waals surface area (Å²) in [6, 6.07) is 8.22. The number of nitrogens with zero attached hydrogens (tertiary/aromatic N) is 2. The maximum absolute atomic E-state index is 5.35. The van der Waals surface area contributed by atoms with E-state index in [-0.39, 0.29) is 0 Å². The fourth-order valence-corrected chi connectivity index (χ4v) is 1.93. The van der Waals surface area contributed by atoms with Gasteiger partial charge in [0, 0.05) is 31.9 Å². The zero-order chi connectivity index (χ0) is 13.0. The smallest absolute Gasteiger partial charge is 0.123 e. The molecule has 0 aliphatic heterocycles. The summed E-state index contributed by atoms with van der Waals surface area (Å²) in [5, 5.41) is 7.70. The normalized spacial score (nSPS) is 10.6. The van der Waals surface area contributed by atoms with Gasteiger partial charge in [0.2, 0.25) is 0 Å². The summed E-state index contributed by atoms with van der Waals surface area (Å²) < 4.78 is 7.16. The summed E-state index contributed by atoms with van der Waals surface area (Å²) in [5.74, 6) is 0.925. The maximum atomic E-state index is 5.35. The third kappa shape index (κ3) is 3.11. The number of aryl methyl sites for hydroxylation is 2. The molecule has 0 bridgehead atoms. The van der Waals surface area contributed by atoms with Gasteiger partial charge in [-0.3, -0.25) is 4.68 Å². The predicted molar refractivity (Wildman–Crippen MR) is 71.5 cm³/mol. The van der Waals surface area contributed by atoms with E-state index in [9.17, 15) is 0 Å². The van der Waals surface area contributed by atoms with Crippen molar-refractivity contribution in [3.8, 4) is 5.75 Å². The summed E-state index contributed by atoms with van der Waals surface area (Å²) in [4.78, 5) is 0. The van der Waals surface area contributed by atoms with Crippen LogP contribution >= 0.6 is 0 Å². The molecule has 2 rings (SSSR count). The standard InChI is InChI=1S/C14H19N3O/c1-11-4-5-14(18-3)12(8-11)9-15-10-13-6-7-17(2)16-13/h4-8,15H,9-10H2,1-3H3. The first-order valence-corrected chi connectivity index (χ1v) is 6.02. The van der Waals surface area contributed by atoms with Gasteiger partial charge in [0.1, 0.15) is 5.75 Å². The van der Waals surface area contributed by atoms with Gasteiger partial charge in [-0.2, -0.15) is 5.10 Å². The molecule has 4 nitrogen and oxygen atoms in total. The third-order valence-corrected chi connectivity index (χ3v) is 2.83. The van der Waals surface area contributed by atoms with Crippen molar-refractivity contribution in [3.05, 3.63) is 47.3 Å². The van der Waals surface area contributed by atoms with Crippen molar-refractivity contribution in [1.29, 1.82) is 0 Å². The quantitative estimate of drug-likeness (QED) is 0.876. The minimum Gasteiger partial charge on any atom is -0.496 e. The van der Waals surface area contributed by atoms with Crippen molar-refractivity contribution in [2.75, 3.05) is 7.11 Å². The lowest BCUT2D eigenvalue weighted by molar-refractivity contribution is 0.407. The molecule has 0 saturated heterocycles. The molecule has 4 heteroatoms. The van der Waals surface area contributed by atoms with E-state index in [0.717, 1.165) is 24.5 Å². The van der Waals surface area contributed by atoms with Crippen LogP contribution < -0.4 is 10.1 Å². The van der Waals surface area contributed by atoms with Crippen LogP contribution in [0.2, 0.25) is 0 Å². The van der Waals surface area contributed by atoms with Gasteiger partial charge in [0.25, 0.3) is 0 Å². The molecule has 0 spiro atoms. The number of rotatable bonds is 5. The first-order valence-electron chi connectivity index (χ1n) is 6.02. The molecular formula is C14H19N3O. The molecule has 2 aromatic rings. The van der Waals surface area contributed by atoms with E-state index in [1.54, 1.807) is 7.11 Å². The topological polar surface area (TPSA) is 39.1 Å². The lowest BCUT2D eigenvalue weighted by Crippen LogP contribution is -2.14. The van der Waals surface area contributed by atoms with Gasteiger partial charge in [-0.1, -0.05) is 17.7 Å². The van der Waals surface area contributed by atoms with Crippen LogP contribution in [0.15, 0.2) is 30.5 Å². The fraction of sp³-hybridized carbons (Fsp3) is 0.357. The average Bonchev–Trinajstić information content (AvgIpc) is 2.75. The number of hydrogen-bond donors (Lipinski definition) is 1. The lowest BCUT2D eigenvalue weighted by Gasteiger charge is -2.10. The fourth-order valence-electron chi connectivity index (χ4n) is 1.93. The summed E-state index contributed by atoms with van der Waals surface area (Å²) in [7, 11) is 3.63. The van der Waals surface area contributed by atoms with Gasteiger partial charge in [-0.25, -0.2) is 0 Å². The molecule has 0 saturated carbocycles. The Balaban J connectivity index is 1.95. The predicted octanol–water partition coefficient (Wildman–Crippen LogP) is 2.03. The van der Waals surface area contributed by atoms with E-state index in [0.29, 0.717) is 0 Å². The van der Waals surface area contributed by atoms with E-state index in [1.807, 2.05) is 30.1 Å². The highest BCUT2D eigenvalue weighted by Gasteiger charge is 2.03. The molecular weight excluding hydrogens is 226 g/mol. The molecule has 0 amide bonds. The SMILES string of the molecule is COc1ccc(C)cc1CNCc1ccn(C)n1. The van der Waals surface area contributed by atoms with Crippen LogP contribution in [0, 0.1) is 6.92 Å². The lowest BCUT2D eigenvalue weighted by atomic mass is 10.1. The molecule has 18 heavy (non-hydrogen) atoms. The number of hydrogen-bond acceptors (Lipinski definition) is 3. The molecule has 0 fully saturated rings. The number of ether oxygens (including phenoxy) is 1. The van der Waals surface area contributed by atoms with Crippen molar-refractivity contribution in [2.45, 2.75) is 20.0 Å². The van der Waals surface area contributed by atoms with Crippen LogP contribution in [0.25, 0.3) is 0 Å². The average molecular weight is 245 g/mol. The highest BCUT2D eigenvalue weighted by atomic mass is 16.5. The zero-order valence-electron chi connectivity index (χ0n) is 11.1. The van der Waals surface area contributed by atoms with Crippen LogP contribution in [0.3, 0.4) is 0 Å². The Kier molecular flexibility index (Phi) is 3.99. The highest BCUT2D eigenvalue weighted by molar-refractivity contribution is 5.36. The second-order valence-electron chi connectivity index (χ2n) is 4.40. The van der Waals surface area contributed by atoms with Crippen LogP contribution in [-0.2, 0) is 20.1 Å². The Hall–Kier alpha value is -1.81. The molecule has 1 aromatic carbocycles. The summed E-state index contributed by atoms with van der Waals surface area (Å²) in [5.41, 5.74) is 3.46. The van der Waals surface area contributed by atoms with Gasteiger partial charge in [-0.15, -0.1) is 0 Å². The molecule has 1 N–H and O–H groups in total. The first kappa shape index (κ1) is 12.6. The minimum atomic E-state index is 0.762. The van der Waals surface area contributed by atoms with Crippen molar-refractivity contribution in [2.24, 2.45) is 7.05 Å². The second kappa shape index (κ2) is 5.69. The van der Waals surface area contributed by atoms with E-state index < -0.39 is 0 Å². The largest absolute Gasteiger partial charge is 0.496 e. The number of nitrogens with one attached hydrogen (secondary N) is 1. The summed E-state index contributed by atoms with van der Waals surface area (Å²) in [6.45, 7) is 3.63. The zero-order valence-corrected chi connectivity index (χ0v) is 11.1. The van der Waals surface area contributed by atoms with Gasteiger partial charge >= 0.3 is 0 Å². The Morgan fingerprint density at radius 1 is 1.28 bits per heavy atom. The Morgan fingerprint density at radius 3 is 2.78 bits per heavy atom. The van der Waals surface area contributed by atoms with Crippen molar-refractivity contribution >= 4 is 0 Å². The molecule has 96 valence electrons. The van der Waals surface area contributed by atoms with E-state index in [2.05, 4.69) is 29.5 Å². The van der Waals surface area contributed by atoms with E-state index in [4.69, 9.17) is 4.74 Å². The Morgan fingerprint density at radius 2 is 2.11 bits per heavy atom. The van der Waals surface area contributed by atoms with Crippen LogP contribution in [0.1, 0.15) is 16.8 Å². The van der Waals surface area contributed by atoms with Crippen molar-refractivity contribution in [3.63, 3.8) is 0 Å². The molecule has 0 aliphatic rings. The molecule has 0 radical (unpaired) electrons. The van der Waals surface area contributed by atoms with E-state index >= 15 is 0 Å². The van der Waals surface area contributed by atoms with Gasteiger partial charge < -0.3 is 10.1 Å².